The number of hydrogen-bond donors (Lipinski definition) is 0. The van der Waals surface area contributed by atoms with E-state index in [1.54, 1.807) is 14.2 Å². The average Bonchev–Trinajstić information content (AvgIpc) is 3.18. The quantitative estimate of drug-likeness (QED) is 0.641. The Bertz CT molecular complexity index is 795. The zero-order valence-electron chi connectivity index (χ0n) is 17.9. The lowest BCUT2D eigenvalue weighted by Gasteiger charge is -2.32. The molecule has 0 aliphatic carbocycles. The first-order chi connectivity index (χ1) is 14.1. The summed E-state index contributed by atoms with van der Waals surface area (Å²) in [5.41, 5.74) is 0.979. The molecule has 1 aromatic carbocycles. The smallest absolute Gasteiger partial charge is 0.250 e. The minimum atomic E-state index is 0.526. The second-order valence-corrected chi connectivity index (χ2v) is 7.79. The van der Waals surface area contributed by atoms with E-state index >= 15 is 0 Å². The van der Waals surface area contributed by atoms with Gasteiger partial charge in [-0.05, 0) is 69.7 Å². The Morgan fingerprint density at radius 2 is 1.90 bits per heavy atom. The number of likely N-dealkylation sites (N-methyl/N-ethyl adjacent to an activating group) is 1. The van der Waals surface area contributed by atoms with Crippen molar-refractivity contribution in [2.75, 3.05) is 54.5 Å². The summed E-state index contributed by atoms with van der Waals surface area (Å²) in [6, 6.07) is 5.75. The van der Waals surface area contributed by atoms with E-state index in [1.807, 2.05) is 30.4 Å². The van der Waals surface area contributed by atoms with Gasteiger partial charge in [-0.2, -0.15) is 4.98 Å². The molecule has 2 aromatic rings. The molecule has 0 saturated carbocycles. The summed E-state index contributed by atoms with van der Waals surface area (Å²) in [5.74, 6) is 3.35. The molecule has 1 fully saturated rings. The number of piperidine rings is 1. The molecule has 7 nitrogen and oxygen atoms in total. The van der Waals surface area contributed by atoms with Gasteiger partial charge in [-0.25, -0.2) is 0 Å². The zero-order valence-corrected chi connectivity index (χ0v) is 17.9. The number of aromatic nitrogens is 2. The third kappa shape index (κ3) is 6.30. The van der Waals surface area contributed by atoms with Gasteiger partial charge in [0.15, 0.2) is 17.3 Å². The van der Waals surface area contributed by atoms with Gasteiger partial charge in [0, 0.05) is 25.6 Å². The zero-order chi connectivity index (χ0) is 20.6. The van der Waals surface area contributed by atoms with Crippen LogP contribution in [0, 0.1) is 5.92 Å². The maximum absolute atomic E-state index is 5.40. The van der Waals surface area contributed by atoms with Crippen LogP contribution in [-0.2, 0) is 6.42 Å². The molecule has 1 aromatic heterocycles. The van der Waals surface area contributed by atoms with Gasteiger partial charge in [0.05, 0.1) is 14.2 Å². The summed E-state index contributed by atoms with van der Waals surface area (Å²) in [6.07, 6.45) is 7.04. The van der Waals surface area contributed by atoms with Crippen molar-refractivity contribution in [3.05, 3.63) is 35.5 Å². The van der Waals surface area contributed by atoms with Crippen molar-refractivity contribution in [2.24, 2.45) is 5.92 Å². The molecule has 0 bridgehead atoms. The van der Waals surface area contributed by atoms with Crippen molar-refractivity contribution in [3.8, 4) is 11.5 Å². The van der Waals surface area contributed by atoms with Crippen molar-refractivity contribution in [3.63, 3.8) is 0 Å². The van der Waals surface area contributed by atoms with Gasteiger partial charge in [0.1, 0.15) is 0 Å². The predicted molar refractivity (Wildman–Crippen MR) is 114 cm³/mol. The maximum atomic E-state index is 5.40. The van der Waals surface area contributed by atoms with Crippen molar-refractivity contribution >= 4 is 12.2 Å². The Balaban J connectivity index is 1.50. The van der Waals surface area contributed by atoms with Crippen LogP contribution in [0.2, 0.25) is 0 Å². The van der Waals surface area contributed by atoms with Gasteiger partial charge in [-0.15, -0.1) is 0 Å². The van der Waals surface area contributed by atoms with E-state index in [9.17, 15) is 0 Å². The second kappa shape index (κ2) is 10.4. The Kier molecular flexibility index (Phi) is 7.66. The van der Waals surface area contributed by atoms with Crippen LogP contribution in [-0.4, -0.2) is 74.4 Å². The highest BCUT2D eigenvalue weighted by atomic mass is 16.5. The van der Waals surface area contributed by atoms with Gasteiger partial charge in [-0.3, -0.25) is 0 Å². The Morgan fingerprint density at radius 1 is 1.14 bits per heavy atom. The van der Waals surface area contributed by atoms with Crippen LogP contribution in [0.5, 0.6) is 11.5 Å². The molecule has 0 unspecified atom stereocenters. The van der Waals surface area contributed by atoms with Crippen LogP contribution in [0.4, 0.5) is 0 Å². The summed E-state index contributed by atoms with van der Waals surface area (Å²) in [4.78, 5) is 9.32. The number of rotatable bonds is 9. The first-order valence-electron chi connectivity index (χ1n) is 10.2. The molecule has 1 saturated heterocycles. The van der Waals surface area contributed by atoms with Crippen molar-refractivity contribution in [1.29, 1.82) is 0 Å². The largest absolute Gasteiger partial charge is 0.493 e. The number of nitrogens with zero attached hydrogens (tertiary/aromatic N) is 4. The first kappa shape index (κ1) is 21.3. The molecule has 3 rings (SSSR count). The minimum Gasteiger partial charge on any atom is -0.493 e. The van der Waals surface area contributed by atoms with Crippen LogP contribution >= 0.6 is 0 Å². The van der Waals surface area contributed by atoms with E-state index in [0.717, 1.165) is 44.0 Å². The van der Waals surface area contributed by atoms with Crippen LogP contribution < -0.4 is 9.47 Å². The minimum absolute atomic E-state index is 0.526. The highest BCUT2D eigenvalue weighted by Gasteiger charge is 2.21. The Hall–Kier alpha value is -2.38. The van der Waals surface area contributed by atoms with E-state index in [2.05, 4.69) is 34.0 Å². The van der Waals surface area contributed by atoms with E-state index in [0.29, 0.717) is 23.3 Å². The van der Waals surface area contributed by atoms with E-state index in [-0.39, 0.29) is 0 Å². The fourth-order valence-corrected chi connectivity index (χ4v) is 3.56. The van der Waals surface area contributed by atoms with E-state index in [4.69, 9.17) is 14.0 Å². The number of benzene rings is 1. The van der Waals surface area contributed by atoms with Crippen LogP contribution in [0.25, 0.3) is 12.2 Å². The highest BCUT2D eigenvalue weighted by Crippen LogP contribution is 2.28. The predicted octanol–water partition coefficient (Wildman–Crippen LogP) is 3.07. The third-order valence-corrected chi connectivity index (χ3v) is 5.35. The standard InChI is InChI=1S/C22H32N4O3/c1-25(2)13-14-26-11-9-18(10-12-26)16-21-23-22(29-24-21)8-6-17-5-7-19(27-3)20(15-17)28-4/h5-8,15,18H,9-14,16H2,1-4H3. The monoisotopic (exact) mass is 400 g/mol. The van der Waals surface area contributed by atoms with Crippen LogP contribution in [0.1, 0.15) is 30.1 Å². The molecule has 0 radical (unpaired) electrons. The van der Waals surface area contributed by atoms with Gasteiger partial charge >= 0.3 is 0 Å². The first-order valence-corrected chi connectivity index (χ1v) is 10.2. The lowest BCUT2D eigenvalue weighted by atomic mass is 9.93. The lowest BCUT2D eigenvalue weighted by molar-refractivity contribution is 0.169. The molecule has 1 aliphatic heterocycles. The molecule has 0 spiro atoms. The molecule has 2 heterocycles. The summed E-state index contributed by atoms with van der Waals surface area (Å²) >= 11 is 0. The van der Waals surface area contributed by atoms with Crippen molar-refractivity contribution in [1.82, 2.24) is 19.9 Å². The van der Waals surface area contributed by atoms with Crippen LogP contribution in [0.3, 0.4) is 0 Å². The number of ether oxygens (including phenoxy) is 2. The highest BCUT2D eigenvalue weighted by molar-refractivity contribution is 5.67. The second-order valence-electron chi connectivity index (χ2n) is 7.79. The van der Waals surface area contributed by atoms with E-state index < -0.39 is 0 Å². The molecule has 1 aliphatic rings. The Morgan fingerprint density at radius 3 is 2.59 bits per heavy atom. The third-order valence-electron chi connectivity index (χ3n) is 5.35. The molecular formula is C22H32N4O3. The molecule has 0 N–H and O–H groups in total. The maximum Gasteiger partial charge on any atom is 0.250 e. The SMILES string of the molecule is COc1ccc(C=Cc2nc(CC3CCN(CCN(C)C)CC3)no2)cc1OC. The molecule has 0 amide bonds. The van der Waals surface area contributed by atoms with Crippen LogP contribution in [0.15, 0.2) is 22.7 Å². The number of methoxy groups -OCH3 is 2. The fourth-order valence-electron chi connectivity index (χ4n) is 3.56. The van der Waals surface area contributed by atoms with E-state index in [1.165, 1.54) is 12.8 Å². The summed E-state index contributed by atoms with van der Waals surface area (Å²) in [6.45, 7) is 4.57. The van der Waals surface area contributed by atoms with Gasteiger partial charge < -0.3 is 23.8 Å². The molecule has 158 valence electrons. The Labute approximate surface area is 173 Å². The summed E-state index contributed by atoms with van der Waals surface area (Å²) in [7, 11) is 7.50. The number of hydrogen-bond acceptors (Lipinski definition) is 7. The average molecular weight is 401 g/mol. The van der Waals surface area contributed by atoms with Gasteiger partial charge in [0.25, 0.3) is 5.89 Å². The van der Waals surface area contributed by atoms with Gasteiger partial charge in [-0.1, -0.05) is 11.2 Å². The summed E-state index contributed by atoms with van der Waals surface area (Å²) in [5, 5.41) is 4.16. The van der Waals surface area contributed by atoms with Gasteiger partial charge in [0.2, 0.25) is 0 Å². The van der Waals surface area contributed by atoms with Crippen molar-refractivity contribution in [2.45, 2.75) is 19.3 Å². The van der Waals surface area contributed by atoms with Crippen molar-refractivity contribution < 1.29 is 14.0 Å². The summed E-state index contributed by atoms with van der Waals surface area (Å²) < 4.78 is 16.0. The fraction of sp³-hybridized carbons (Fsp3) is 0.545. The lowest BCUT2D eigenvalue weighted by Crippen LogP contribution is -2.38. The normalized spacial score (nSPS) is 16.0. The molecule has 29 heavy (non-hydrogen) atoms. The molecular weight excluding hydrogens is 368 g/mol. The molecule has 0 atom stereocenters. The topological polar surface area (TPSA) is 63.9 Å². The molecule has 7 heteroatoms. The number of likely N-dealkylation sites (tertiary alicyclic amines) is 1.